The molecule has 0 saturated carbocycles. The molecule has 1 aliphatic rings. The van der Waals surface area contributed by atoms with Crippen molar-refractivity contribution in [2.24, 2.45) is 0 Å². The van der Waals surface area contributed by atoms with Gasteiger partial charge in [0, 0.05) is 44.7 Å². The van der Waals surface area contributed by atoms with Crippen LogP contribution in [0.2, 0.25) is 0 Å². The van der Waals surface area contributed by atoms with Crippen LogP contribution in [0.15, 0.2) is 24.3 Å². The summed E-state index contributed by atoms with van der Waals surface area (Å²) in [6, 6.07) is 8.53. The van der Waals surface area contributed by atoms with Gasteiger partial charge in [0.25, 0.3) is 0 Å². The highest BCUT2D eigenvalue weighted by molar-refractivity contribution is 7.90. The molecule has 2 rings (SSSR count). The lowest BCUT2D eigenvalue weighted by molar-refractivity contribution is 0.272. The molecular formula is C14H22N2O2S. The van der Waals surface area contributed by atoms with E-state index in [4.69, 9.17) is 0 Å². The van der Waals surface area contributed by atoms with Crippen LogP contribution >= 0.6 is 0 Å². The first-order chi connectivity index (χ1) is 8.94. The molecular weight excluding hydrogens is 260 g/mol. The smallest absolute Gasteiger partial charge is 0.148 e. The van der Waals surface area contributed by atoms with E-state index in [2.05, 4.69) is 41.0 Å². The fourth-order valence-corrected chi connectivity index (χ4v) is 2.94. The highest BCUT2D eigenvalue weighted by Crippen LogP contribution is 2.17. The van der Waals surface area contributed by atoms with Crippen LogP contribution in [-0.4, -0.2) is 58.1 Å². The maximum atomic E-state index is 11.2. The number of piperazine rings is 1. The van der Waals surface area contributed by atoms with Crippen LogP contribution in [0.4, 0.5) is 5.69 Å². The number of sulfone groups is 1. The van der Waals surface area contributed by atoms with E-state index >= 15 is 0 Å². The maximum absolute atomic E-state index is 11.2. The van der Waals surface area contributed by atoms with Crippen LogP contribution in [0.3, 0.4) is 0 Å². The Morgan fingerprint density at radius 1 is 1.16 bits per heavy atom. The molecule has 1 aliphatic heterocycles. The highest BCUT2D eigenvalue weighted by Gasteiger charge is 2.18. The van der Waals surface area contributed by atoms with Gasteiger partial charge in [-0.3, -0.25) is 4.90 Å². The molecule has 0 N–H and O–H groups in total. The molecule has 0 atom stereocenters. The fraction of sp³-hybridized carbons (Fsp3) is 0.571. The lowest BCUT2D eigenvalue weighted by atomic mass is 10.2. The lowest BCUT2D eigenvalue weighted by Crippen LogP contribution is -2.47. The minimum Gasteiger partial charge on any atom is -0.369 e. The summed E-state index contributed by atoms with van der Waals surface area (Å²) in [4.78, 5) is 4.59. The van der Waals surface area contributed by atoms with Gasteiger partial charge in [0.05, 0.1) is 5.75 Å². The van der Waals surface area contributed by atoms with Crippen molar-refractivity contribution in [3.05, 3.63) is 29.8 Å². The largest absolute Gasteiger partial charge is 0.369 e. The first-order valence-corrected chi connectivity index (χ1v) is 8.72. The monoisotopic (exact) mass is 282 g/mol. The summed E-state index contributed by atoms with van der Waals surface area (Å²) in [5, 5.41) is 0. The molecule has 19 heavy (non-hydrogen) atoms. The molecule has 0 aliphatic carbocycles. The molecule has 0 aromatic heterocycles. The molecule has 1 aromatic carbocycles. The first-order valence-electron chi connectivity index (χ1n) is 6.66. The zero-order valence-electron chi connectivity index (χ0n) is 11.7. The van der Waals surface area contributed by atoms with Gasteiger partial charge in [0.2, 0.25) is 0 Å². The Hall–Kier alpha value is -1.07. The molecule has 106 valence electrons. The van der Waals surface area contributed by atoms with Gasteiger partial charge < -0.3 is 4.90 Å². The Bertz CT molecular complexity index is 520. The quantitative estimate of drug-likeness (QED) is 0.831. The van der Waals surface area contributed by atoms with E-state index in [1.807, 2.05) is 0 Å². The molecule has 5 heteroatoms. The summed E-state index contributed by atoms with van der Waals surface area (Å²) >= 11 is 0. The van der Waals surface area contributed by atoms with Crippen molar-refractivity contribution >= 4 is 15.5 Å². The number of hydrogen-bond donors (Lipinski definition) is 0. The fourth-order valence-electron chi connectivity index (χ4n) is 2.35. The standard InChI is InChI=1S/C14H22N2O2S/c1-13-4-3-5-14(12-13)16-8-6-15(7-9-16)10-11-19(2,17)18/h3-5,12H,6-11H2,1-2H3. The summed E-state index contributed by atoms with van der Waals surface area (Å²) in [5.41, 5.74) is 2.54. The van der Waals surface area contributed by atoms with E-state index in [9.17, 15) is 8.42 Å². The number of rotatable bonds is 4. The van der Waals surface area contributed by atoms with Crippen molar-refractivity contribution in [3.63, 3.8) is 0 Å². The van der Waals surface area contributed by atoms with Gasteiger partial charge in [0.1, 0.15) is 9.84 Å². The molecule has 0 amide bonds. The van der Waals surface area contributed by atoms with Crippen molar-refractivity contribution in [2.45, 2.75) is 6.92 Å². The third-order valence-electron chi connectivity index (χ3n) is 3.52. The van der Waals surface area contributed by atoms with Crippen LogP contribution in [0.1, 0.15) is 5.56 Å². The van der Waals surface area contributed by atoms with Crippen molar-refractivity contribution in [3.8, 4) is 0 Å². The summed E-state index contributed by atoms with van der Waals surface area (Å²) in [6.07, 6.45) is 1.30. The number of benzene rings is 1. The molecule has 1 saturated heterocycles. The zero-order valence-corrected chi connectivity index (χ0v) is 12.5. The molecule has 1 fully saturated rings. The second kappa shape index (κ2) is 5.92. The number of hydrogen-bond acceptors (Lipinski definition) is 4. The van der Waals surface area contributed by atoms with Crippen LogP contribution in [0.5, 0.6) is 0 Å². The third-order valence-corrected chi connectivity index (χ3v) is 4.44. The van der Waals surface area contributed by atoms with Gasteiger partial charge in [-0.15, -0.1) is 0 Å². The third kappa shape index (κ3) is 4.51. The van der Waals surface area contributed by atoms with Gasteiger partial charge in [-0.1, -0.05) is 12.1 Å². The number of nitrogens with zero attached hydrogens (tertiary/aromatic N) is 2. The van der Waals surface area contributed by atoms with Crippen LogP contribution in [0, 0.1) is 6.92 Å². The first kappa shape index (κ1) is 14.3. The Labute approximate surface area is 115 Å². The van der Waals surface area contributed by atoms with Crippen molar-refractivity contribution < 1.29 is 8.42 Å². The number of aryl methyl sites for hydroxylation is 1. The van der Waals surface area contributed by atoms with E-state index in [1.165, 1.54) is 17.5 Å². The summed E-state index contributed by atoms with van der Waals surface area (Å²) in [6.45, 7) is 6.56. The lowest BCUT2D eigenvalue weighted by Gasteiger charge is -2.36. The normalized spacial score (nSPS) is 17.7. The second-order valence-corrected chi connectivity index (χ2v) is 7.56. The van der Waals surface area contributed by atoms with Gasteiger partial charge in [-0.2, -0.15) is 0 Å². The minimum atomic E-state index is -2.85. The van der Waals surface area contributed by atoms with E-state index < -0.39 is 9.84 Å². The average molecular weight is 282 g/mol. The summed E-state index contributed by atoms with van der Waals surface area (Å²) in [5.74, 6) is 0.261. The minimum absolute atomic E-state index is 0.261. The molecule has 1 heterocycles. The van der Waals surface area contributed by atoms with E-state index in [1.54, 1.807) is 0 Å². The van der Waals surface area contributed by atoms with Gasteiger partial charge >= 0.3 is 0 Å². The van der Waals surface area contributed by atoms with Gasteiger partial charge in [-0.25, -0.2) is 8.42 Å². The molecule has 0 bridgehead atoms. The van der Waals surface area contributed by atoms with Crippen LogP contribution in [0.25, 0.3) is 0 Å². The maximum Gasteiger partial charge on any atom is 0.148 e. The molecule has 1 aromatic rings. The molecule has 0 radical (unpaired) electrons. The highest BCUT2D eigenvalue weighted by atomic mass is 32.2. The van der Waals surface area contributed by atoms with E-state index in [-0.39, 0.29) is 5.75 Å². The Morgan fingerprint density at radius 2 is 1.84 bits per heavy atom. The van der Waals surface area contributed by atoms with E-state index in [0.29, 0.717) is 6.54 Å². The average Bonchev–Trinajstić information content (AvgIpc) is 2.36. The van der Waals surface area contributed by atoms with Crippen LogP contribution in [-0.2, 0) is 9.84 Å². The SMILES string of the molecule is Cc1cccc(N2CCN(CCS(C)(=O)=O)CC2)c1. The predicted octanol–water partition coefficient (Wildman–Crippen LogP) is 1.16. The summed E-state index contributed by atoms with van der Waals surface area (Å²) < 4.78 is 22.3. The summed E-state index contributed by atoms with van der Waals surface area (Å²) in [7, 11) is -2.85. The predicted molar refractivity (Wildman–Crippen MR) is 79.5 cm³/mol. The van der Waals surface area contributed by atoms with E-state index in [0.717, 1.165) is 26.2 Å². The van der Waals surface area contributed by atoms with Crippen molar-refractivity contribution in [1.82, 2.24) is 4.90 Å². The van der Waals surface area contributed by atoms with Crippen LogP contribution < -0.4 is 4.90 Å². The van der Waals surface area contributed by atoms with Crippen molar-refractivity contribution in [1.29, 1.82) is 0 Å². The topological polar surface area (TPSA) is 40.6 Å². The Kier molecular flexibility index (Phi) is 4.47. The zero-order chi connectivity index (χ0) is 13.9. The molecule has 4 nitrogen and oxygen atoms in total. The Balaban J connectivity index is 1.86. The number of anilines is 1. The van der Waals surface area contributed by atoms with Crippen molar-refractivity contribution in [2.75, 3.05) is 49.6 Å². The molecule has 0 unspecified atom stereocenters. The molecule has 0 spiro atoms. The second-order valence-electron chi connectivity index (χ2n) is 5.30. The van der Waals surface area contributed by atoms with Gasteiger partial charge in [-0.05, 0) is 24.6 Å². The van der Waals surface area contributed by atoms with Gasteiger partial charge in [0.15, 0.2) is 0 Å². The Morgan fingerprint density at radius 3 is 2.42 bits per heavy atom.